The fraction of sp³-hybridized carbons (Fsp3) is 0.333. The molecule has 0 aliphatic carbocycles. The summed E-state index contributed by atoms with van der Waals surface area (Å²) in [5.41, 5.74) is 3.77. The minimum Gasteiger partial charge on any atom is -0.494 e. The van der Waals surface area contributed by atoms with Gasteiger partial charge in [0.15, 0.2) is 0 Å². The van der Waals surface area contributed by atoms with Crippen molar-refractivity contribution in [2.45, 2.75) is 13.1 Å². The molecule has 0 unspecified atom stereocenters. The van der Waals surface area contributed by atoms with E-state index in [0.717, 1.165) is 6.07 Å². The fourth-order valence-corrected chi connectivity index (χ4v) is 1.29. The van der Waals surface area contributed by atoms with Crippen LogP contribution in [0.3, 0.4) is 0 Å². The van der Waals surface area contributed by atoms with Gasteiger partial charge in [0.1, 0.15) is 5.75 Å². The van der Waals surface area contributed by atoms with Crippen molar-refractivity contribution in [2.75, 3.05) is 12.3 Å². The highest BCUT2D eigenvalue weighted by molar-refractivity contribution is 6.33. The smallest absolute Gasteiger partial charge is 0.418 e. The van der Waals surface area contributed by atoms with Gasteiger partial charge in [-0.1, -0.05) is 11.6 Å². The highest BCUT2D eigenvalue weighted by Gasteiger charge is 2.34. The van der Waals surface area contributed by atoms with Crippen LogP contribution in [0.4, 0.5) is 18.9 Å². The Morgan fingerprint density at radius 1 is 1.40 bits per heavy atom. The second kappa shape index (κ2) is 4.18. The van der Waals surface area contributed by atoms with Crippen molar-refractivity contribution < 1.29 is 17.9 Å². The topological polar surface area (TPSA) is 35.2 Å². The van der Waals surface area contributed by atoms with Gasteiger partial charge in [0.2, 0.25) is 0 Å². The molecule has 1 aromatic carbocycles. The number of benzene rings is 1. The summed E-state index contributed by atoms with van der Waals surface area (Å²) >= 11 is 5.56. The Labute approximate surface area is 89.8 Å². The van der Waals surface area contributed by atoms with E-state index in [1.54, 1.807) is 6.92 Å². The van der Waals surface area contributed by atoms with Crippen molar-refractivity contribution in [1.82, 2.24) is 0 Å². The standard InChI is InChI=1S/C9H9ClF3NO/c1-2-15-5-3-6(9(11,12)13)8(14)7(10)4-5/h3-4H,2,14H2,1H3. The van der Waals surface area contributed by atoms with Gasteiger partial charge in [-0.05, 0) is 13.0 Å². The molecule has 0 bridgehead atoms. The third-order valence-electron chi connectivity index (χ3n) is 1.72. The Morgan fingerprint density at radius 3 is 2.47 bits per heavy atom. The van der Waals surface area contributed by atoms with Crippen molar-refractivity contribution in [3.8, 4) is 5.75 Å². The zero-order valence-corrected chi connectivity index (χ0v) is 8.62. The van der Waals surface area contributed by atoms with Gasteiger partial charge >= 0.3 is 6.18 Å². The zero-order chi connectivity index (χ0) is 11.6. The van der Waals surface area contributed by atoms with Gasteiger partial charge in [0.05, 0.1) is 22.9 Å². The molecule has 15 heavy (non-hydrogen) atoms. The Bertz CT molecular complexity index is 365. The first-order valence-corrected chi connectivity index (χ1v) is 4.53. The van der Waals surface area contributed by atoms with Crippen LogP contribution in [-0.4, -0.2) is 6.61 Å². The molecular formula is C9H9ClF3NO. The largest absolute Gasteiger partial charge is 0.494 e. The zero-order valence-electron chi connectivity index (χ0n) is 7.86. The number of hydrogen-bond donors (Lipinski definition) is 1. The molecule has 0 amide bonds. The van der Waals surface area contributed by atoms with Crippen molar-refractivity contribution in [1.29, 1.82) is 0 Å². The highest BCUT2D eigenvalue weighted by Crippen LogP contribution is 2.39. The minimum absolute atomic E-state index is 0.0593. The number of alkyl halides is 3. The molecule has 0 fully saturated rings. The van der Waals surface area contributed by atoms with Crippen molar-refractivity contribution >= 4 is 17.3 Å². The van der Waals surface area contributed by atoms with Crippen molar-refractivity contribution in [2.24, 2.45) is 0 Å². The number of nitrogen functional groups attached to an aromatic ring is 1. The summed E-state index contributed by atoms with van der Waals surface area (Å²) < 4.78 is 42.3. The second-order valence-electron chi connectivity index (χ2n) is 2.80. The molecule has 0 aromatic heterocycles. The first kappa shape index (κ1) is 12.0. The Balaban J connectivity index is 3.25. The van der Waals surface area contributed by atoms with E-state index in [2.05, 4.69) is 0 Å². The third-order valence-corrected chi connectivity index (χ3v) is 2.03. The lowest BCUT2D eigenvalue weighted by Crippen LogP contribution is -2.10. The summed E-state index contributed by atoms with van der Waals surface area (Å²) in [5, 5.41) is -0.159. The van der Waals surface area contributed by atoms with E-state index >= 15 is 0 Å². The molecule has 1 rings (SSSR count). The average molecular weight is 240 g/mol. The molecule has 0 heterocycles. The van der Waals surface area contributed by atoms with Gasteiger partial charge in [-0.25, -0.2) is 0 Å². The average Bonchev–Trinajstić information content (AvgIpc) is 2.09. The normalized spacial score (nSPS) is 11.5. The third kappa shape index (κ3) is 2.68. The quantitative estimate of drug-likeness (QED) is 0.804. The number of hydrogen-bond acceptors (Lipinski definition) is 2. The molecule has 1 aromatic rings. The maximum atomic E-state index is 12.5. The van der Waals surface area contributed by atoms with Crippen LogP contribution in [0.25, 0.3) is 0 Å². The summed E-state index contributed by atoms with van der Waals surface area (Å²) in [6.45, 7) is 1.93. The number of rotatable bonds is 2. The van der Waals surface area contributed by atoms with Gasteiger partial charge < -0.3 is 10.5 Å². The van der Waals surface area contributed by atoms with Crippen LogP contribution in [-0.2, 0) is 6.18 Å². The first-order valence-electron chi connectivity index (χ1n) is 4.15. The molecule has 6 heteroatoms. The maximum absolute atomic E-state index is 12.5. The molecule has 0 radical (unpaired) electrons. The predicted octanol–water partition coefficient (Wildman–Crippen LogP) is 3.34. The molecule has 0 aliphatic rings. The Hall–Kier alpha value is -1.10. The molecule has 84 valence electrons. The molecule has 2 nitrogen and oxygen atoms in total. The van der Waals surface area contributed by atoms with Crippen molar-refractivity contribution in [3.05, 3.63) is 22.7 Å². The Kier molecular flexibility index (Phi) is 3.34. The number of ether oxygens (including phenoxy) is 1. The molecule has 0 spiro atoms. The minimum atomic E-state index is -4.53. The fourth-order valence-electron chi connectivity index (χ4n) is 1.08. The van der Waals surface area contributed by atoms with Crippen LogP contribution in [0.2, 0.25) is 5.02 Å². The van der Waals surface area contributed by atoms with Crippen LogP contribution in [0.1, 0.15) is 12.5 Å². The van der Waals surface area contributed by atoms with Crippen LogP contribution in [0.5, 0.6) is 5.75 Å². The number of anilines is 1. The highest BCUT2D eigenvalue weighted by atomic mass is 35.5. The van der Waals surface area contributed by atoms with E-state index in [4.69, 9.17) is 22.1 Å². The summed E-state index contributed by atoms with van der Waals surface area (Å²) in [7, 11) is 0. The monoisotopic (exact) mass is 239 g/mol. The van der Waals surface area contributed by atoms with E-state index < -0.39 is 17.4 Å². The molecule has 2 N–H and O–H groups in total. The Morgan fingerprint density at radius 2 is 2.00 bits per heavy atom. The second-order valence-corrected chi connectivity index (χ2v) is 3.20. The molecule has 0 aliphatic heterocycles. The van der Waals surface area contributed by atoms with E-state index in [-0.39, 0.29) is 17.4 Å². The summed E-state index contributed by atoms with van der Waals surface area (Å²) in [5.74, 6) is 0.0593. The molecule has 0 atom stereocenters. The molecular weight excluding hydrogens is 231 g/mol. The van der Waals surface area contributed by atoms with Gasteiger partial charge in [0.25, 0.3) is 0 Å². The van der Waals surface area contributed by atoms with Crippen LogP contribution >= 0.6 is 11.6 Å². The van der Waals surface area contributed by atoms with E-state index in [0.29, 0.717) is 0 Å². The summed E-state index contributed by atoms with van der Waals surface area (Å²) in [6, 6.07) is 2.10. The summed E-state index contributed by atoms with van der Waals surface area (Å²) in [6.07, 6.45) is -4.53. The maximum Gasteiger partial charge on any atom is 0.418 e. The SMILES string of the molecule is CCOc1cc(Cl)c(N)c(C(F)(F)F)c1. The van der Waals surface area contributed by atoms with Gasteiger partial charge in [0, 0.05) is 6.07 Å². The first-order chi connectivity index (χ1) is 6.86. The molecule has 0 saturated heterocycles. The van der Waals surface area contributed by atoms with Crippen LogP contribution in [0, 0.1) is 0 Å². The van der Waals surface area contributed by atoms with Crippen LogP contribution in [0.15, 0.2) is 12.1 Å². The summed E-state index contributed by atoms with van der Waals surface area (Å²) in [4.78, 5) is 0. The number of halogens is 4. The number of nitrogens with two attached hydrogens (primary N) is 1. The molecule has 0 saturated carbocycles. The predicted molar refractivity (Wildman–Crippen MR) is 52.0 cm³/mol. The van der Waals surface area contributed by atoms with E-state index in [1.165, 1.54) is 6.07 Å². The van der Waals surface area contributed by atoms with E-state index in [9.17, 15) is 13.2 Å². The lowest BCUT2D eigenvalue weighted by atomic mass is 10.1. The van der Waals surface area contributed by atoms with E-state index in [1.807, 2.05) is 0 Å². The lowest BCUT2D eigenvalue weighted by molar-refractivity contribution is -0.137. The van der Waals surface area contributed by atoms with Crippen molar-refractivity contribution in [3.63, 3.8) is 0 Å². The lowest BCUT2D eigenvalue weighted by Gasteiger charge is -2.13. The van der Waals surface area contributed by atoms with Crippen LogP contribution < -0.4 is 10.5 Å². The van der Waals surface area contributed by atoms with Gasteiger partial charge in [-0.2, -0.15) is 13.2 Å². The van der Waals surface area contributed by atoms with Gasteiger partial charge in [-0.15, -0.1) is 0 Å². The van der Waals surface area contributed by atoms with Gasteiger partial charge in [-0.3, -0.25) is 0 Å².